The molecule has 1 aliphatic carbocycles. The summed E-state index contributed by atoms with van der Waals surface area (Å²) in [5.41, 5.74) is 6.06. The molecule has 0 bridgehead atoms. The second kappa shape index (κ2) is 10.7. The summed E-state index contributed by atoms with van der Waals surface area (Å²) in [7, 11) is 0. The number of ether oxygens (including phenoxy) is 1. The van der Waals surface area contributed by atoms with Crippen molar-refractivity contribution in [3.63, 3.8) is 0 Å². The van der Waals surface area contributed by atoms with Gasteiger partial charge in [0.15, 0.2) is 17.3 Å². The maximum Gasteiger partial charge on any atom is 0.224 e. The molecule has 1 amide bonds. The van der Waals surface area contributed by atoms with Crippen molar-refractivity contribution in [2.24, 2.45) is 11.7 Å². The smallest absolute Gasteiger partial charge is 0.224 e. The third kappa shape index (κ3) is 5.46. The number of imidazole rings is 1. The molecule has 2 fully saturated rings. The van der Waals surface area contributed by atoms with Gasteiger partial charge in [0.1, 0.15) is 11.2 Å². The van der Waals surface area contributed by atoms with Crippen LogP contribution in [0, 0.1) is 17.6 Å². The lowest BCUT2D eigenvalue weighted by Gasteiger charge is -2.29. The van der Waals surface area contributed by atoms with Gasteiger partial charge in [-0.3, -0.25) is 9.36 Å². The minimum Gasteiger partial charge on any atom is -0.394 e. The zero-order chi connectivity index (χ0) is 26.1. The van der Waals surface area contributed by atoms with Crippen LogP contribution < -0.4 is 16.4 Å². The lowest BCUT2D eigenvalue weighted by atomic mass is 9.85. The molecule has 0 radical (unpaired) electrons. The minimum atomic E-state index is -0.854. The number of hydrogen-bond donors (Lipinski definition) is 4. The summed E-state index contributed by atoms with van der Waals surface area (Å²) in [5, 5.41) is 15.5. The van der Waals surface area contributed by atoms with Crippen LogP contribution in [0.4, 0.5) is 26.4 Å². The van der Waals surface area contributed by atoms with E-state index in [1.54, 1.807) is 6.20 Å². The van der Waals surface area contributed by atoms with Gasteiger partial charge >= 0.3 is 0 Å². The Labute approximate surface area is 216 Å². The number of carbonyl (C=O) groups is 1. The van der Waals surface area contributed by atoms with Crippen molar-refractivity contribution in [2.75, 3.05) is 23.8 Å². The average molecular weight is 536 g/mol. The van der Waals surface area contributed by atoms with Gasteiger partial charge in [-0.25, -0.2) is 18.7 Å². The number of anilines is 3. The fourth-order valence-corrected chi connectivity index (χ4v) is 5.30. The molecule has 1 saturated heterocycles. The SMILES string of the molecule is NC(=O)[C@H]1CC[C@H](n2c(Nc3c(F)cc(Cl)cc3F)nc3cnc(N[C@@H]4CCO[C@H](CO)C4)nc32)CC1. The number of fused-ring (bicyclic) bond motifs is 1. The number of primary amides is 1. The molecule has 3 heterocycles. The number of aromatic nitrogens is 4. The highest BCUT2D eigenvalue weighted by Gasteiger charge is 2.30. The number of nitrogens with one attached hydrogen (secondary N) is 2. The number of benzene rings is 1. The molecule has 13 heteroatoms. The number of amides is 1. The molecule has 10 nitrogen and oxygen atoms in total. The molecule has 37 heavy (non-hydrogen) atoms. The molecule has 1 saturated carbocycles. The standard InChI is InChI=1S/C24H28ClF2N7O3/c25-13-7-17(26)20(18(27)8-13)32-24-31-19-10-29-23(30-14-5-6-37-16(9-14)11-35)33-22(19)34(24)15-3-1-12(2-4-15)21(28)36/h7-8,10,12,14-16,35H,1-6,9,11H2,(H2,28,36)(H,31,32)(H,29,30,33)/t12-,14-,15-,16+/m1/s1. The monoisotopic (exact) mass is 535 g/mol. The highest BCUT2D eigenvalue weighted by Crippen LogP contribution is 2.38. The molecule has 0 unspecified atom stereocenters. The van der Waals surface area contributed by atoms with Gasteiger partial charge in [0, 0.05) is 29.6 Å². The summed E-state index contributed by atoms with van der Waals surface area (Å²) in [4.78, 5) is 25.3. The van der Waals surface area contributed by atoms with Crippen LogP contribution in [0.15, 0.2) is 18.3 Å². The van der Waals surface area contributed by atoms with Gasteiger partial charge in [0.2, 0.25) is 17.8 Å². The molecule has 5 N–H and O–H groups in total. The normalized spacial score (nSPS) is 24.2. The van der Waals surface area contributed by atoms with Crippen LogP contribution in [-0.4, -0.2) is 55.9 Å². The van der Waals surface area contributed by atoms with Gasteiger partial charge < -0.3 is 26.2 Å². The first-order valence-corrected chi connectivity index (χ1v) is 12.6. The fourth-order valence-electron chi connectivity index (χ4n) is 5.11. The first-order valence-electron chi connectivity index (χ1n) is 12.3. The Hall–Kier alpha value is -3.09. The van der Waals surface area contributed by atoms with Crippen LogP contribution in [0.3, 0.4) is 0 Å². The van der Waals surface area contributed by atoms with E-state index in [0.29, 0.717) is 55.8 Å². The molecule has 3 aromatic rings. The molecule has 1 aromatic carbocycles. The van der Waals surface area contributed by atoms with Gasteiger partial charge in [0.05, 0.1) is 18.9 Å². The van der Waals surface area contributed by atoms with Gasteiger partial charge in [-0.1, -0.05) is 11.6 Å². The van der Waals surface area contributed by atoms with Gasteiger partial charge in [-0.05, 0) is 50.7 Å². The summed E-state index contributed by atoms with van der Waals surface area (Å²) in [6.07, 6.45) is 5.05. The van der Waals surface area contributed by atoms with Crippen molar-refractivity contribution in [1.82, 2.24) is 19.5 Å². The van der Waals surface area contributed by atoms with E-state index in [4.69, 9.17) is 27.1 Å². The number of nitrogens with two attached hydrogens (primary N) is 1. The average Bonchev–Trinajstić information content (AvgIpc) is 3.23. The van der Waals surface area contributed by atoms with E-state index in [2.05, 4.69) is 20.6 Å². The Kier molecular flexibility index (Phi) is 7.40. The number of hydrogen-bond acceptors (Lipinski definition) is 8. The van der Waals surface area contributed by atoms with Crippen molar-refractivity contribution in [2.45, 2.75) is 56.7 Å². The second-order valence-electron chi connectivity index (χ2n) is 9.53. The van der Waals surface area contributed by atoms with Crippen LogP contribution in [-0.2, 0) is 9.53 Å². The van der Waals surface area contributed by atoms with Crippen molar-refractivity contribution in [3.05, 3.63) is 35.0 Å². The molecular weight excluding hydrogens is 508 g/mol. The number of rotatable bonds is 7. The zero-order valence-electron chi connectivity index (χ0n) is 20.0. The Morgan fingerprint density at radius 2 is 1.92 bits per heavy atom. The van der Waals surface area contributed by atoms with Crippen molar-refractivity contribution >= 4 is 46.3 Å². The third-order valence-electron chi connectivity index (χ3n) is 7.04. The Balaban J connectivity index is 1.50. The number of halogens is 3. The van der Waals surface area contributed by atoms with E-state index in [1.807, 2.05) is 4.57 Å². The van der Waals surface area contributed by atoms with Crippen LogP contribution in [0.25, 0.3) is 11.2 Å². The van der Waals surface area contributed by atoms with E-state index in [9.17, 15) is 18.7 Å². The Bertz CT molecular complexity index is 1280. The lowest BCUT2D eigenvalue weighted by Crippen LogP contribution is -2.36. The quantitative estimate of drug-likeness (QED) is 0.359. The van der Waals surface area contributed by atoms with E-state index in [1.165, 1.54) is 0 Å². The van der Waals surface area contributed by atoms with E-state index >= 15 is 0 Å². The highest BCUT2D eigenvalue weighted by atomic mass is 35.5. The van der Waals surface area contributed by atoms with Crippen molar-refractivity contribution in [1.29, 1.82) is 0 Å². The molecule has 198 valence electrons. The molecule has 2 aromatic heterocycles. The molecule has 0 spiro atoms. The number of aliphatic hydroxyl groups excluding tert-OH is 1. The Morgan fingerprint density at radius 3 is 2.59 bits per heavy atom. The summed E-state index contributed by atoms with van der Waals surface area (Å²) in [6, 6.07) is 1.92. The zero-order valence-corrected chi connectivity index (χ0v) is 20.7. The van der Waals surface area contributed by atoms with Crippen molar-refractivity contribution < 1.29 is 23.4 Å². The second-order valence-corrected chi connectivity index (χ2v) is 9.96. The molecule has 1 aliphatic heterocycles. The summed E-state index contributed by atoms with van der Waals surface area (Å²) in [5.74, 6) is -1.67. The van der Waals surface area contributed by atoms with Gasteiger partial charge in [-0.2, -0.15) is 4.98 Å². The Morgan fingerprint density at radius 1 is 1.19 bits per heavy atom. The van der Waals surface area contributed by atoms with E-state index < -0.39 is 11.6 Å². The fraction of sp³-hybridized carbons (Fsp3) is 0.500. The lowest BCUT2D eigenvalue weighted by molar-refractivity contribution is -0.122. The highest BCUT2D eigenvalue weighted by molar-refractivity contribution is 6.30. The molecule has 2 aliphatic rings. The minimum absolute atomic E-state index is 0.0144. The third-order valence-corrected chi connectivity index (χ3v) is 7.26. The van der Waals surface area contributed by atoms with E-state index in [0.717, 1.165) is 18.6 Å². The number of nitrogens with zero attached hydrogens (tertiary/aromatic N) is 4. The molecular formula is C24H28ClF2N7O3. The van der Waals surface area contributed by atoms with Crippen LogP contribution >= 0.6 is 11.6 Å². The molecule has 2 atom stereocenters. The maximum atomic E-state index is 14.6. The summed E-state index contributed by atoms with van der Waals surface area (Å²) < 4.78 is 36.6. The van der Waals surface area contributed by atoms with Crippen LogP contribution in [0.5, 0.6) is 0 Å². The van der Waals surface area contributed by atoms with Crippen molar-refractivity contribution in [3.8, 4) is 0 Å². The van der Waals surface area contributed by atoms with Crippen LogP contribution in [0.2, 0.25) is 5.02 Å². The first kappa shape index (κ1) is 25.6. The van der Waals surface area contributed by atoms with E-state index in [-0.39, 0.29) is 53.3 Å². The number of carbonyl (C=O) groups excluding carboxylic acids is 1. The van der Waals surface area contributed by atoms with Crippen LogP contribution in [0.1, 0.15) is 44.6 Å². The maximum absolute atomic E-state index is 14.6. The topological polar surface area (TPSA) is 140 Å². The summed E-state index contributed by atoms with van der Waals surface area (Å²) in [6.45, 7) is 0.449. The molecule has 5 rings (SSSR count). The van der Waals surface area contributed by atoms with Gasteiger partial charge in [0.25, 0.3) is 0 Å². The summed E-state index contributed by atoms with van der Waals surface area (Å²) >= 11 is 5.78. The van der Waals surface area contributed by atoms with Gasteiger partial charge in [-0.15, -0.1) is 0 Å². The predicted octanol–water partition coefficient (Wildman–Crippen LogP) is 3.67. The largest absolute Gasteiger partial charge is 0.394 e. The first-order chi connectivity index (χ1) is 17.8. The number of aliphatic hydroxyl groups is 1. The predicted molar refractivity (Wildman–Crippen MR) is 134 cm³/mol.